The second kappa shape index (κ2) is 12.3. The van der Waals surface area contributed by atoms with E-state index in [1.54, 1.807) is 0 Å². The van der Waals surface area contributed by atoms with Gasteiger partial charge in [0, 0.05) is 26.7 Å². The molecular weight excluding hydrogens is 623 g/mol. The minimum Gasteiger partial charge on any atom is -0.308 e. The van der Waals surface area contributed by atoms with E-state index < -0.39 is 0 Å². The van der Waals surface area contributed by atoms with Gasteiger partial charge in [0.05, 0.1) is 16.1 Å². The molecule has 0 bridgehead atoms. The number of anilines is 3. The number of para-hydroxylation sites is 2. The predicted molar refractivity (Wildman–Crippen MR) is 220 cm³/mol. The molecule has 0 radical (unpaired) electrons. The number of benzene rings is 7. The summed E-state index contributed by atoms with van der Waals surface area (Å²) in [6.45, 7) is 13.9. The van der Waals surface area contributed by atoms with Crippen molar-refractivity contribution in [3.05, 3.63) is 163 Å². The molecule has 1 aromatic heterocycles. The summed E-state index contributed by atoms with van der Waals surface area (Å²) in [4.78, 5) is 2.46. The Kier molecular flexibility index (Phi) is 7.88. The fourth-order valence-corrected chi connectivity index (χ4v) is 8.45. The third kappa shape index (κ3) is 5.68. The summed E-state index contributed by atoms with van der Waals surface area (Å²) < 4.78 is 2.60. The summed E-state index contributed by atoms with van der Waals surface area (Å²) in [5, 5.41) is 5.12. The topological polar surface area (TPSA) is 3.24 Å². The van der Waals surface area contributed by atoms with Crippen molar-refractivity contribution in [1.82, 2.24) is 0 Å². The molecular formula is C48H43NS. The van der Waals surface area contributed by atoms with E-state index >= 15 is 0 Å². The van der Waals surface area contributed by atoms with Crippen LogP contribution in [0.2, 0.25) is 0 Å². The molecule has 0 unspecified atom stereocenters. The molecule has 8 aromatic rings. The van der Waals surface area contributed by atoms with Crippen molar-refractivity contribution in [2.75, 3.05) is 4.90 Å². The van der Waals surface area contributed by atoms with Crippen LogP contribution in [-0.4, -0.2) is 0 Å². The van der Waals surface area contributed by atoms with E-state index in [2.05, 4.69) is 198 Å². The quantitative estimate of drug-likeness (QED) is 0.177. The first kappa shape index (κ1) is 32.0. The molecule has 0 aliphatic carbocycles. The highest BCUT2D eigenvalue weighted by molar-refractivity contribution is 7.26. The van der Waals surface area contributed by atoms with Crippen LogP contribution in [-0.2, 0) is 10.8 Å². The average molecular weight is 666 g/mol. The van der Waals surface area contributed by atoms with Gasteiger partial charge in [0.25, 0.3) is 0 Å². The predicted octanol–water partition coefficient (Wildman–Crippen LogP) is 14.6. The Morgan fingerprint density at radius 3 is 1.74 bits per heavy atom. The lowest BCUT2D eigenvalue weighted by Gasteiger charge is -2.29. The summed E-state index contributed by atoms with van der Waals surface area (Å²) in [7, 11) is 0. The normalized spacial score (nSPS) is 12.2. The molecule has 0 amide bonds. The largest absolute Gasteiger partial charge is 0.308 e. The Bertz CT molecular complexity index is 2470. The molecule has 1 nitrogen and oxygen atoms in total. The van der Waals surface area contributed by atoms with E-state index in [9.17, 15) is 0 Å². The standard InChI is InChI=1S/C48H43NS/c1-47(2,3)34-29-33(30-35(31-34)48(4,5)6)37-23-14-17-32-18-15-24-40(45(32)37)38-21-10-12-26-42(38)49(36-19-8-7-9-20-36)43-27-16-25-41-39-22-11-13-28-44(39)50-46(41)43/h7-31H,1-6H3. The Hall–Kier alpha value is -5.18. The molecule has 8 rings (SSSR count). The van der Waals surface area contributed by atoms with Crippen molar-refractivity contribution >= 4 is 59.3 Å². The van der Waals surface area contributed by atoms with Crippen molar-refractivity contribution < 1.29 is 0 Å². The number of thiophene rings is 1. The van der Waals surface area contributed by atoms with Gasteiger partial charge in [-0.05, 0) is 79.8 Å². The van der Waals surface area contributed by atoms with Gasteiger partial charge in [-0.25, -0.2) is 0 Å². The van der Waals surface area contributed by atoms with Gasteiger partial charge in [0.1, 0.15) is 0 Å². The maximum absolute atomic E-state index is 2.46. The van der Waals surface area contributed by atoms with Crippen LogP contribution < -0.4 is 4.90 Å². The number of hydrogen-bond acceptors (Lipinski definition) is 2. The van der Waals surface area contributed by atoms with Crippen LogP contribution in [0.25, 0.3) is 53.2 Å². The fraction of sp³-hybridized carbons (Fsp3) is 0.167. The van der Waals surface area contributed by atoms with Crippen molar-refractivity contribution in [2.45, 2.75) is 52.4 Å². The van der Waals surface area contributed by atoms with Gasteiger partial charge in [-0.2, -0.15) is 0 Å². The lowest BCUT2D eigenvalue weighted by Crippen LogP contribution is -2.16. The third-order valence-corrected chi connectivity index (χ3v) is 11.2. The van der Waals surface area contributed by atoms with Crippen LogP contribution in [0.3, 0.4) is 0 Å². The van der Waals surface area contributed by atoms with E-state index in [-0.39, 0.29) is 10.8 Å². The zero-order chi connectivity index (χ0) is 34.6. The highest BCUT2D eigenvalue weighted by Crippen LogP contribution is 2.49. The first-order valence-electron chi connectivity index (χ1n) is 17.6. The van der Waals surface area contributed by atoms with Gasteiger partial charge in [0.2, 0.25) is 0 Å². The van der Waals surface area contributed by atoms with Crippen LogP contribution in [0.4, 0.5) is 17.1 Å². The van der Waals surface area contributed by atoms with Gasteiger partial charge >= 0.3 is 0 Å². The Balaban J connectivity index is 1.41. The molecule has 1 heterocycles. The monoisotopic (exact) mass is 665 g/mol. The number of fused-ring (bicyclic) bond motifs is 4. The minimum absolute atomic E-state index is 0.0276. The molecule has 0 atom stereocenters. The van der Waals surface area contributed by atoms with Crippen LogP contribution in [0.5, 0.6) is 0 Å². The van der Waals surface area contributed by atoms with Crippen molar-refractivity contribution in [1.29, 1.82) is 0 Å². The van der Waals surface area contributed by atoms with Crippen LogP contribution in [0.15, 0.2) is 152 Å². The molecule has 0 aliphatic heterocycles. The Morgan fingerprint density at radius 2 is 1.02 bits per heavy atom. The van der Waals surface area contributed by atoms with Gasteiger partial charge < -0.3 is 4.90 Å². The highest BCUT2D eigenvalue weighted by atomic mass is 32.1. The smallest absolute Gasteiger partial charge is 0.0640 e. The molecule has 0 N–H and O–H groups in total. The lowest BCUT2D eigenvalue weighted by molar-refractivity contribution is 0.569. The van der Waals surface area contributed by atoms with Crippen molar-refractivity contribution in [3.8, 4) is 22.3 Å². The van der Waals surface area contributed by atoms with E-state index in [4.69, 9.17) is 0 Å². The molecule has 0 spiro atoms. The summed E-state index contributed by atoms with van der Waals surface area (Å²) in [5.74, 6) is 0. The summed E-state index contributed by atoms with van der Waals surface area (Å²) in [5.41, 5.74) is 11.2. The zero-order valence-electron chi connectivity index (χ0n) is 29.8. The molecule has 0 saturated carbocycles. The SMILES string of the molecule is CC(C)(C)c1cc(-c2cccc3cccc(-c4ccccc4N(c4ccccc4)c4cccc5c4sc4ccccc45)c23)cc(C(C)(C)C)c1. The van der Waals surface area contributed by atoms with Crippen molar-refractivity contribution in [3.63, 3.8) is 0 Å². The van der Waals surface area contributed by atoms with E-state index in [1.807, 2.05) is 11.3 Å². The van der Waals surface area contributed by atoms with Gasteiger partial charge in [-0.15, -0.1) is 11.3 Å². The highest BCUT2D eigenvalue weighted by Gasteiger charge is 2.24. The summed E-state index contributed by atoms with van der Waals surface area (Å²) >= 11 is 1.87. The lowest BCUT2D eigenvalue weighted by atomic mass is 9.78. The van der Waals surface area contributed by atoms with Crippen molar-refractivity contribution in [2.24, 2.45) is 0 Å². The summed E-state index contributed by atoms with van der Waals surface area (Å²) in [6.07, 6.45) is 0. The second-order valence-corrected chi connectivity index (χ2v) is 16.5. The maximum Gasteiger partial charge on any atom is 0.0640 e. The Morgan fingerprint density at radius 1 is 0.460 bits per heavy atom. The number of nitrogens with zero attached hydrogens (tertiary/aromatic N) is 1. The number of rotatable bonds is 5. The molecule has 0 aliphatic rings. The molecule has 7 aromatic carbocycles. The van der Waals surface area contributed by atoms with E-state index in [0.29, 0.717) is 0 Å². The van der Waals surface area contributed by atoms with Gasteiger partial charge in [0.15, 0.2) is 0 Å². The minimum atomic E-state index is 0.0276. The third-order valence-electron chi connectivity index (χ3n) is 9.95. The molecule has 0 saturated heterocycles. The molecule has 2 heteroatoms. The number of hydrogen-bond donors (Lipinski definition) is 0. The first-order valence-corrected chi connectivity index (χ1v) is 18.4. The van der Waals surface area contributed by atoms with Gasteiger partial charge in [-0.1, -0.05) is 163 Å². The van der Waals surface area contributed by atoms with Crippen LogP contribution >= 0.6 is 11.3 Å². The average Bonchev–Trinajstić information content (AvgIpc) is 3.51. The second-order valence-electron chi connectivity index (χ2n) is 15.4. The maximum atomic E-state index is 2.46. The van der Waals surface area contributed by atoms with E-state index in [0.717, 1.165) is 11.4 Å². The Labute approximate surface area is 300 Å². The van der Waals surface area contributed by atoms with Gasteiger partial charge in [-0.3, -0.25) is 0 Å². The first-order chi connectivity index (χ1) is 24.1. The molecule has 246 valence electrons. The van der Waals surface area contributed by atoms with Crippen LogP contribution in [0, 0.1) is 0 Å². The van der Waals surface area contributed by atoms with Crippen LogP contribution in [0.1, 0.15) is 52.7 Å². The molecule has 50 heavy (non-hydrogen) atoms. The fourth-order valence-electron chi connectivity index (χ4n) is 7.24. The molecule has 0 fully saturated rings. The summed E-state index contributed by atoms with van der Waals surface area (Å²) in [6, 6.07) is 56.1. The van der Waals surface area contributed by atoms with E-state index in [1.165, 1.54) is 70.0 Å². The zero-order valence-corrected chi connectivity index (χ0v) is 30.6.